The molecule has 0 radical (unpaired) electrons. The van der Waals surface area contributed by atoms with Crippen LogP contribution in [0.25, 0.3) is 0 Å². The van der Waals surface area contributed by atoms with Crippen molar-refractivity contribution in [1.82, 2.24) is 10.2 Å². The summed E-state index contributed by atoms with van der Waals surface area (Å²) in [7, 11) is 2.09. The maximum atomic E-state index is 4.20. The van der Waals surface area contributed by atoms with Crippen LogP contribution in [0, 0.1) is 29.1 Å². The first kappa shape index (κ1) is 23.6. The lowest BCUT2D eigenvalue weighted by Gasteiger charge is -2.27. The van der Waals surface area contributed by atoms with E-state index in [1.807, 2.05) is 0 Å². The van der Waals surface area contributed by atoms with Crippen LogP contribution in [0.4, 0.5) is 0 Å². The summed E-state index contributed by atoms with van der Waals surface area (Å²) in [5.74, 6) is 7.37. The maximum Gasteiger partial charge on any atom is 0.0788 e. The van der Waals surface area contributed by atoms with E-state index in [-0.39, 0.29) is 0 Å². The van der Waals surface area contributed by atoms with Gasteiger partial charge < -0.3 is 10.2 Å². The average molecular weight is 347 g/mol. The molecule has 0 aliphatic carbocycles. The van der Waals surface area contributed by atoms with E-state index in [0.717, 1.165) is 25.2 Å². The van der Waals surface area contributed by atoms with Crippen LogP contribution in [0.5, 0.6) is 0 Å². The van der Waals surface area contributed by atoms with E-state index in [1.54, 1.807) is 0 Å². The Bertz CT molecular complexity index is 460. The number of unbranched alkanes of at least 4 members (excludes halogenated alkanes) is 2. The summed E-state index contributed by atoms with van der Waals surface area (Å²) in [6.07, 6.45) is 6.06. The lowest BCUT2D eigenvalue weighted by molar-refractivity contribution is 0.307. The molecule has 0 atom stereocenters. The topological polar surface area (TPSA) is 15.3 Å². The number of hydrogen-bond acceptors (Lipinski definition) is 2. The third kappa shape index (κ3) is 12.6. The number of nitrogens with one attached hydrogen (secondary N) is 1. The Morgan fingerprint density at radius 3 is 2.28 bits per heavy atom. The quantitative estimate of drug-likeness (QED) is 0.353. The van der Waals surface area contributed by atoms with Crippen LogP contribution in [0.15, 0.2) is 24.6 Å². The van der Waals surface area contributed by atoms with Crippen molar-refractivity contribution in [2.75, 3.05) is 20.1 Å². The molecule has 0 aromatic rings. The Morgan fingerprint density at radius 1 is 1.08 bits per heavy atom. The van der Waals surface area contributed by atoms with Gasteiger partial charge in [0.1, 0.15) is 0 Å². The first-order valence-corrected chi connectivity index (χ1v) is 9.85. The van der Waals surface area contributed by atoms with Crippen molar-refractivity contribution < 1.29 is 0 Å². The standard InChI is InChI=1S/C23H42N2/c1-19(2)14-13-17-25(9)21(5)15-11-10-12-16-23(7,8)18-24-22(6)20(3)4/h19-20,24H,5-6,10-12,15-18H2,1-4,7-9H3. The minimum absolute atomic E-state index is 0.318. The van der Waals surface area contributed by atoms with Crippen LogP contribution < -0.4 is 5.32 Å². The summed E-state index contributed by atoms with van der Waals surface area (Å²) in [5, 5.41) is 3.50. The fraction of sp³-hybridized carbons (Fsp3) is 0.739. The highest BCUT2D eigenvalue weighted by Crippen LogP contribution is 2.24. The molecule has 0 saturated heterocycles. The van der Waals surface area contributed by atoms with Crippen molar-refractivity contribution in [3.8, 4) is 11.8 Å². The van der Waals surface area contributed by atoms with Crippen molar-refractivity contribution in [1.29, 1.82) is 0 Å². The first-order valence-electron chi connectivity index (χ1n) is 9.85. The van der Waals surface area contributed by atoms with Gasteiger partial charge >= 0.3 is 0 Å². The smallest absolute Gasteiger partial charge is 0.0788 e. The number of hydrogen-bond donors (Lipinski definition) is 1. The van der Waals surface area contributed by atoms with Crippen LogP contribution >= 0.6 is 0 Å². The molecular formula is C23H42N2. The number of allylic oxidation sites excluding steroid dienone is 2. The molecular weight excluding hydrogens is 304 g/mol. The summed E-state index contributed by atoms with van der Waals surface area (Å²) in [6.45, 7) is 23.4. The Hall–Kier alpha value is -1.36. The molecule has 0 aromatic carbocycles. The van der Waals surface area contributed by atoms with Gasteiger partial charge in [-0.15, -0.1) is 0 Å². The fourth-order valence-corrected chi connectivity index (χ4v) is 2.43. The monoisotopic (exact) mass is 346 g/mol. The molecule has 144 valence electrons. The van der Waals surface area contributed by atoms with Crippen LogP contribution in [-0.4, -0.2) is 25.0 Å². The third-order valence-electron chi connectivity index (χ3n) is 4.56. The molecule has 0 unspecified atom stereocenters. The minimum Gasteiger partial charge on any atom is -0.388 e. The van der Waals surface area contributed by atoms with Gasteiger partial charge in [-0.05, 0) is 30.6 Å². The second-order valence-corrected chi connectivity index (χ2v) is 8.66. The Morgan fingerprint density at radius 2 is 1.72 bits per heavy atom. The summed E-state index contributed by atoms with van der Waals surface area (Å²) >= 11 is 0. The molecule has 0 aliphatic heterocycles. The molecule has 0 fully saturated rings. The highest BCUT2D eigenvalue weighted by atomic mass is 15.1. The van der Waals surface area contributed by atoms with Gasteiger partial charge in [0.2, 0.25) is 0 Å². The largest absolute Gasteiger partial charge is 0.388 e. The Kier molecular flexibility index (Phi) is 11.4. The molecule has 0 heterocycles. The van der Waals surface area contributed by atoms with Crippen LogP contribution in [-0.2, 0) is 0 Å². The number of nitrogens with zero attached hydrogens (tertiary/aromatic N) is 1. The minimum atomic E-state index is 0.318. The summed E-state index contributed by atoms with van der Waals surface area (Å²) < 4.78 is 0. The van der Waals surface area contributed by atoms with Gasteiger partial charge in [-0.25, -0.2) is 0 Å². The highest BCUT2D eigenvalue weighted by molar-refractivity contribution is 5.06. The van der Waals surface area contributed by atoms with Gasteiger partial charge in [0.25, 0.3) is 0 Å². The molecule has 0 aromatic heterocycles. The number of rotatable bonds is 12. The highest BCUT2D eigenvalue weighted by Gasteiger charge is 2.17. The van der Waals surface area contributed by atoms with Gasteiger partial charge in [0.15, 0.2) is 0 Å². The molecule has 2 nitrogen and oxygen atoms in total. The predicted octanol–water partition coefficient (Wildman–Crippen LogP) is 5.83. The summed E-state index contributed by atoms with van der Waals surface area (Å²) in [6, 6.07) is 0. The second-order valence-electron chi connectivity index (χ2n) is 8.66. The summed E-state index contributed by atoms with van der Waals surface area (Å²) in [5.41, 5.74) is 2.66. The summed E-state index contributed by atoms with van der Waals surface area (Å²) in [4.78, 5) is 2.18. The van der Waals surface area contributed by atoms with Gasteiger partial charge in [-0.2, -0.15) is 0 Å². The normalized spacial score (nSPS) is 11.2. The molecule has 0 aliphatic rings. The van der Waals surface area contributed by atoms with Crippen LogP contribution in [0.1, 0.15) is 73.6 Å². The zero-order valence-corrected chi connectivity index (χ0v) is 18.0. The maximum absolute atomic E-state index is 4.20. The zero-order valence-electron chi connectivity index (χ0n) is 18.0. The van der Waals surface area contributed by atoms with Gasteiger partial charge in [-0.3, -0.25) is 0 Å². The van der Waals surface area contributed by atoms with E-state index >= 15 is 0 Å². The molecule has 0 rings (SSSR count). The zero-order chi connectivity index (χ0) is 19.5. The molecule has 0 amide bonds. The molecule has 0 saturated carbocycles. The van der Waals surface area contributed by atoms with Crippen LogP contribution in [0.2, 0.25) is 0 Å². The van der Waals surface area contributed by atoms with Gasteiger partial charge in [0.05, 0.1) is 6.54 Å². The van der Waals surface area contributed by atoms with Crippen molar-refractivity contribution in [3.63, 3.8) is 0 Å². The van der Waals surface area contributed by atoms with E-state index in [9.17, 15) is 0 Å². The lowest BCUT2D eigenvalue weighted by Crippen LogP contribution is -2.30. The Labute approximate surface area is 158 Å². The van der Waals surface area contributed by atoms with Gasteiger partial charge in [0, 0.05) is 30.9 Å². The van der Waals surface area contributed by atoms with Crippen LogP contribution in [0.3, 0.4) is 0 Å². The Balaban J connectivity index is 3.92. The van der Waals surface area contributed by atoms with E-state index < -0.39 is 0 Å². The van der Waals surface area contributed by atoms with E-state index in [0.29, 0.717) is 17.3 Å². The third-order valence-corrected chi connectivity index (χ3v) is 4.56. The van der Waals surface area contributed by atoms with E-state index in [2.05, 4.69) is 83.8 Å². The van der Waals surface area contributed by atoms with Gasteiger partial charge in [-0.1, -0.05) is 79.4 Å². The SMILES string of the molecule is C=C(NCC(C)(C)CCCCCC(=C)N(C)CC#CC(C)C)C(C)C. The molecule has 0 spiro atoms. The van der Waals surface area contributed by atoms with Crippen molar-refractivity contribution in [2.24, 2.45) is 17.3 Å². The molecule has 2 heteroatoms. The molecule has 25 heavy (non-hydrogen) atoms. The van der Waals surface area contributed by atoms with E-state index in [4.69, 9.17) is 0 Å². The van der Waals surface area contributed by atoms with Crippen molar-refractivity contribution in [3.05, 3.63) is 24.6 Å². The molecule has 1 N–H and O–H groups in total. The molecule has 0 bridgehead atoms. The second kappa shape index (κ2) is 12.1. The lowest BCUT2D eigenvalue weighted by atomic mass is 9.86. The predicted molar refractivity (Wildman–Crippen MR) is 113 cm³/mol. The van der Waals surface area contributed by atoms with E-state index in [1.165, 1.54) is 31.4 Å². The van der Waals surface area contributed by atoms with Crippen molar-refractivity contribution in [2.45, 2.75) is 73.6 Å². The van der Waals surface area contributed by atoms with Crippen molar-refractivity contribution >= 4 is 0 Å². The first-order chi connectivity index (χ1) is 11.5. The average Bonchev–Trinajstić information content (AvgIpc) is 2.51. The fourth-order valence-electron chi connectivity index (χ4n) is 2.43.